The predicted octanol–water partition coefficient (Wildman–Crippen LogP) is 2.33. The molecule has 0 spiro atoms. The molecule has 0 heterocycles. The summed E-state index contributed by atoms with van der Waals surface area (Å²) < 4.78 is 5.80. The van der Waals surface area contributed by atoms with Gasteiger partial charge in [0.25, 0.3) is 0 Å². The minimum Gasteiger partial charge on any atom is -0.374 e. The van der Waals surface area contributed by atoms with Crippen molar-refractivity contribution in [3.63, 3.8) is 0 Å². The molecule has 1 aromatic carbocycles. The molecule has 2 nitrogen and oxygen atoms in total. The van der Waals surface area contributed by atoms with Gasteiger partial charge in [-0.05, 0) is 37.3 Å². The van der Waals surface area contributed by atoms with Crippen molar-refractivity contribution in [1.29, 1.82) is 0 Å². The maximum absolute atomic E-state index is 5.80. The van der Waals surface area contributed by atoms with Crippen molar-refractivity contribution in [2.75, 3.05) is 6.54 Å². The van der Waals surface area contributed by atoms with Crippen molar-refractivity contribution in [2.24, 2.45) is 11.7 Å². The molecule has 0 bridgehead atoms. The lowest BCUT2D eigenvalue weighted by Crippen LogP contribution is -2.32. The summed E-state index contributed by atoms with van der Waals surface area (Å²) in [6, 6.07) is 10.4. The van der Waals surface area contributed by atoms with E-state index < -0.39 is 0 Å². The second-order valence-corrected chi connectivity index (χ2v) is 4.33. The summed E-state index contributed by atoms with van der Waals surface area (Å²) in [5.74, 6) is 0.816. The molecule has 2 rings (SSSR count). The van der Waals surface area contributed by atoms with Gasteiger partial charge in [0, 0.05) is 0 Å². The Morgan fingerprint density at radius 2 is 1.93 bits per heavy atom. The van der Waals surface area contributed by atoms with Gasteiger partial charge in [-0.3, -0.25) is 0 Å². The summed E-state index contributed by atoms with van der Waals surface area (Å²) in [6.45, 7) is 1.57. The van der Waals surface area contributed by atoms with Crippen LogP contribution in [0.1, 0.15) is 24.8 Å². The summed E-state index contributed by atoms with van der Waals surface area (Å²) >= 11 is 0. The van der Waals surface area contributed by atoms with E-state index in [9.17, 15) is 0 Å². The van der Waals surface area contributed by atoms with Crippen LogP contribution in [0.2, 0.25) is 0 Å². The number of hydrogen-bond donors (Lipinski definition) is 1. The molecule has 0 aromatic heterocycles. The highest BCUT2D eigenvalue weighted by Crippen LogP contribution is 2.32. The lowest BCUT2D eigenvalue weighted by Gasteiger charge is -2.35. The van der Waals surface area contributed by atoms with E-state index in [2.05, 4.69) is 24.3 Å². The molecule has 1 saturated carbocycles. The van der Waals surface area contributed by atoms with Crippen molar-refractivity contribution < 1.29 is 4.74 Å². The molecule has 1 aliphatic carbocycles. The Labute approximate surface area is 91.4 Å². The first kappa shape index (κ1) is 10.7. The molecule has 0 unspecified atom stereocenters. The number of nitrogens with two attached hydrogens (primary N) is 1. The molecule has 2 N–H and O–H groups in total. The number of benzene rings is 1. The third-order valence-electron chi connectivity index (χ3n) is 3.10. The monoisotopic (exact) mass is 205 g/mol. The van der Waals surface area contributed by atoms with Crippen LogP contribution in [0.15, 0.2) is 30.3 Å². The molecule has 1 aromatic rings. The summed E-state index contributed by atoms with van der Waals surface area (Å²) in [6.07, 6.45) is 4.03. The van der Waals surface area contributed by atoms with Crippen molar-refractivity contribution in [2.45, 2.75) is 32.0 Å². The van der Waals surface area contributed by atoms with Gasteiger partial charge in [0.05, 0.1) is 12.7 Å². The molecular formula is C13H19NO. The van der Waals surface area contributed by atoms with Crippen LogP contribution in [0.3, 0.4) is 0 Å². The van der Waals surface area contributed by atoms with E-state index in [1.807, 2.05) is 6.07 Å². The van der Waals surface area contributed by atoms with Gasteiger partial charge in [0.15, 0.2) is 0 Å². The number of hydrogen-bond acceptors (Lipinski definition) is 2. The second kappa shape index (κ2) is 5.29. The average Bonchev–Trinajstić information content (AvgIpc) is 2.23. The van der Waals surface area contributed by atoms with E-state index in [4.69, 9.17) is 10.5 Å². The van der Waals surface area contributed by atoms with E-state index in [1.165, 1.54) is 18.4 Å². The zero-order valence-electron chi connectivity index (χ0n) is 9.06. The Bertz CT molecular complexity index is 280. The predicted molar refractivity (Wildman–Crippen MR) is 61.4 cm³/mol. The third-order valence-corrected chi connectivity index (χ3v) is 3.10. The highest BCUT2D eigenvalue weighted by atomic mass is 16.5. The fraction of sp³-hybridized carbons (Fsp3) is 0.538. The zero-order valence-corrected chi connectivity index (χ0v) is 9.06. The topological polar surface area (TPSA) is 35.2 Å². The lowest BCUT2D eigenvalue weighted by molar-refractivity contribution is -0.0413. The van der Waals surface area contributed by atoms with Crippen molar-refractivity contribution in [3.8, 4) is 0 Å². The minimum absolute atomic E-state index is 0.474. The Morgan fingerprint density at radius 3 is 2.60 bits per heavy atom. The van der Waals surface area contributed by atoms with Crippen LogP contribution in [-0.4, -0.2) is 12.6 Å². The summed E-state index contributed by atoms with van der Waals surface area (Å²) in [7, 11) is 0. The van der Waals surface area contributed by atoms with Gasteiger partial charge in [0.2, 0.25) is 0 Å². The quantitative estimate of drug-likeness (QED) is 0.800. The molecule has 0 radical (unpaired) electrons. The fourth-order valence-electron chi connectivity index (χ4n) is 2.07. The number of rotatable bonds is 5. The van der Waals surface area contributed by atoms with Crippen molar-refractivity contribution >= 4 is 0 Å². The van der Waals surface area contributed by atoms with Crippen LogP contribution >= 0.6 is 0 Å². The first-order valence-electron chi connectivity index (χ1n) is 5.74. The van der Waals surface area contributed by atoms with Crippen LogP contribution < -0.4 is 5.73 Å². The average molecular weight is 205 g/mol. The first-order chi connectivity index (χ1) is 7.38. The summed E-state index contributed by atoms with van der Waals surface area (Å²) in [4.78, 5) is 0. The molecule has 0 aliphatic heterocycles. The van der Waals surface area contributed by atoms with Gasteiger partial charge in [0.1, 0.15) is 0 Å². The van der Waals surface area contributed by atoms with E-state index >= 15 is 0 Å². The normalized spacial score (nSPS) is 24.9. The third kappa shape index (κ3) is 3.05. The van der Waals surface area contributed by atoms with Gasteiger partial charge in [-0.1, -0.05) is 30.3 Å². The maximum atomic E-state index is 5.80. The van der Waals surface area contributed by atoms with Gasteiger partial charge in [-0.15, -0.1) is 0 Å². The summed E-state index contributed by atoms with van der Waals surface area (Å²) in [5.41, 5.74) is 6.77. The van der Waals surface area contributed by atoms with E-state index in [0.29, 0.717) is 6.10 Å². The molecule has 0 saturated heterocycles. The lowest BCUT2D eigenvalue weighted by atomic mass is 9.80. The zero-order chi connectivity index (χ0) is 10.5. The highest BCUT2D eigenvalue weighted by molar-refractivity contribution is 5.13. The highest BCUT2D eigenvalue weighted by Gasteiger charge is 2.28. The SMILES string of the molecule is NCCC1CC(OCc2ccccc2)C1. The molecule has 2 heteroatoms. The Morgan fingerprint density at radius 1 is 1.20 bits per heavy atom. The minimum atomic E-state index is 0.474. The molecule has 1 aliphatic rings. The Hall–Kier alpha value is -0.860. The van der Waals surface area contributed by atoms with Gasteiger partial charge in [-0.25, -0.2) is 0 Å². The van der Waals surface area contributed by atoms with Crippen LogP contribution in [0.5, 0.6) is 0 Å². The van der Waals surface area contributed by atoms with E-state index in [-0.39, 0.29) is 0 Å². The Kier molecular flexibility index (Phi) is 3.75. The van der Waals surface area contributed by atoms with Crippen LogP contribution in [0.25, 0.3) is 0 Å². The summed E-state index contributed by atoms with van der Waals surface area (Å²) in [5, 5.41) is 0. The molecule has 0 atom stereocenters. The molecule has 0 amide bonds. The standard InChI is InChI=1S/C13H19NO/c14-7-6-12-8-13(9-12)15-10-11-4-2-1-3-5-11/h1-5,12-13H,6-10,14H2. The smallest absolute Gasteiger partial charge is 0.0720 e. The van der Waals surface area contributed by atoms with Crippen LogP contribution in [-0.2, 0) is 11.3 Å². The van der Waals surface area contributed by atoms with Gasteiger partial charge < -0.3 is 10.5 Å². The van der Waals surface area contributed by atoms with Crippen LogP contribution in [0, 0.1) is 5.92 Å². The Balaban J connectivity index is 1.64. The van der Waals surface area contributed by atoms with Crippen molar-refractivity contribution in [1.82, 2.24) is 0 Å². The first-order valence-corrected chi connectivity index (χ1v) is 5.74. The number of ether oxygens (including phenoxy) is 1. The fourth-order valence-corrected chi connectivity index (χ4v) is 2.07. The molecule has 15 heavy (non-hydrogen) atoms. The maximum Gasteiger partial charge on any atom is 0.0720 e. The van der Waals surface area contributed by atoms with E-state index in [0.717, 1.165) is 25.5 Å². The molecule has 82 valence electrons. The van der Waals surface area contributed by atoms with Gasteiger partial charge in [-0.2, -0.15) is 0 Å². The molecular weight excluding hydrogens is 186 g/mol. The van der Waals surface area contributed by atoms with Crippen molar-refractivity contribution in [3.05, 3.63) is 35.9 Å². The van der Waals surface area contributed by atoms with E-state index in [1.54, 1.807) is 0 Å². The van der Waals surface area contributed by atoms with Crippen LogP contribution in [0.4, 0.5) is 0 Å². The molecule has 1 fully saturated rings. The van der Waals surface area contributed by atoms with Gasteiger partial charge >= 0.3 is 0 Å². The second-order valence-electron chi connectivity index (χ2n) is 4.33. The largest absolute Gasteiger partial charge is 0.374 e.